The van der Waals surface area contributed by atoms with Crippen LogP contribution in [0.3, 0.4) is 0 Å². The topological polar surface area (TPSA) is 16.4 Å². The van der Waals surface area contributed by atoms with Crippen molar-refractivity contribution in [2.45, 2.75) is 0 Å². The standard InChI is InChI=1S/C44H31NO/c1-3-12-32(13-4-1)34-22-26-38(27-23-34)45(40-18-11-17-36(30-40)33-14-5-2-6-15-33)39-28-24-35(25-29-39)41-19-8-9-20-42(41)44-31-37-16-7-10-21-43(37)46-44/h1-31H. The Kier molecular flexibility index (Phi) is 7.22. The fourth-order valence-corrected chi connectivity index (χ4v) is 6.19. The zero-order valence-corrected chi connectivity index (χ0v) is 25.3. The van der Waals surface area contributed by atoms with Gasteiger partial charge in [-0.25, -0.2) is 0 Å². The van der Waals surface area contributed by atoms with Gasteiger partial charge in [0.2, 0.25) is 0 Å². The first kappa shape index (κ1) is 27.4. The largest absolute Gasteiger partial charge is 0.456 e. The van der Waals surface area contributed by atoms with E-state index in [2.05, 4.69) is 175 Å². The van der Waals surface area contributed by atoms with Crippen LogP contribution in [0.25, 0.3) is 55.7 Å². The molecule has 8 rings (SSSR count). The molecule has 0 aliphatic heterocycles. The number of nitrogens with zero attached hydrogens (tertiary/aromatic N) is 1. The molecule has 0 bridgehead atoms. The van der Waals surface area contributed by atoms with E-state index in [1.165, 1.54) is 22.3 Å². The van der Waals surface area contributed by atoms with Crippen LogP contribution in [0, 0.1) is 0 Å². The molecular formula is C44H31NO. The second kappa shape index (κ2) is 12.1. The van der Waals surface area contributed by atoms with E-state index in [0.29, 0.717) is 0 Å². The number of fused-ring (bicyclic) bond motifs is 1. The molecule has 7 aromatic carbocycles. The number of hydrogen-bond donors (Lipinski definition) is 0. The molecule has 0 fully saturated rings. The molecule has 0 radical (unpaired) electrons. The van der Waals surface area contributed by atoms with Crippen molar-refractivity contribution in [1.29, 1.82) is 0 Å². The number of furan rings is 1. The molecule has 0 unspecified atom stereocenters. The zero-order chi connectivity index (χ0) is 30.7. The fraction of sp³-hybridized carbons (Fsp3) is 0. The van der Waals surface area contributed by atoms with Gasteiger partial charge in [-0.1, -0.05) is 140 Å². The summed E-state index contributed by atoms with van der Waals surface area (Å²) < 4.78 is 6.27. The summed E-state index contributed by atoms with van der Waals surface area (Å²) in [7, 11) is 0. The molecule has 0 N–H and O–H groups in total. The van der Waals surface area contributed by atoms with Crippen molar-refractivity contribution in [2.24, 2.45) is 0 Å². The minimum absolute atomic E-state index is 0.874. The SMILES string of the molecule is c1ccc(-c2ccc(N(c3ccc(-c4ccccc4-c4cc5ccccc5o4)cc3)c3cccc(-c4ccccc4)c3)cc2)cc1. The smallest absolute Gasteiger partial charge is 0.136 e. The van der Waals surface area contributed by atoms with E-state index in [0.717, 1.165) is 50.5 Å². The van der Waals surface area contributed by atoms with Crippen LogP contribution in [-0.4, -0.2) is 0 Å². The Balaban J connectivity index is 1.20. The van der Waals surface area contributed by atoms with Gasteiger partial charge in [0, 0.05) is 28.0 Å². The Bertz CT molecular complexity index is 2200. The van der Waals surface area contributed by atoms with E-state index in [9.17, 15) is 0 Å². The second-order valence-corrected chi connectivity index (χ2v) is 11.4. The number of rotatable bonds is 7. The lowest BCUT2D eigenvalue weighted by Crippen LogP contribution is -2.10. The summed E-state index contributed by atoms with van der Waals surface area (Å²) in [6, 6.07) is 66.3. The van der Waals surface area contributed by atoms with Crippen molar-refractivity contribution in [3.05, 3.63) is 188 Å². The van der Waals surface area contributed by atoms with Gasteiger partial charge in [-0.2, -0.15) is 0 Å². The summed E-state index contributed by atoms with van der Waals surface area (Å²) in [4.78, 5) is 2.33. The lowest BCUT2D eigenvalue weighted by atomic mass is 9.97. The molecule has 1 heterocycles. The molecule has 218 valence electrons. The lowest BCUT2D eigenvalue weighted by Gasteiger charge is -2.26. The van der Waals surface area contributed by atoms with Gasteiger partial charge >= 0.3 is 0 Å². The molecule has 8 aromatic rings. The summed E-state index contributed by atoms with van der Waals surface area (Å²) in [5.41, 5.74) is 12.3. The lowest BCUT2D eigenvalue weighted by molar-refractivity contribution is 0.632. The highest BCUT2D eigenvalue weighted by Gasteiger charge is 2.16. The Morgan fingerprint density at radius 2 is 0.848 bits per heavy atom. The summed E-state index contributed by atoms with van der Waals surface area (Å²) in [5, 5.41) is 1.11. The summed E-state index contributed by atoms with van der Waals surface area (Å²) in [5.74, 6) is 0.874. The van der Waals surface area contributed by atoms with Crippen LogP contribution in [-0.2, 0) is 0 Å². The maximum absolute atomic E-state index is 6.27. The van der Waals surface area contributed by atoms with Crippen LogP contribution in [0.4, 0.5) is 17.1 Å². The van der Waals surface area contributed by atoms with E-state index in [1.807, 2.05) is 18.2 Å². The minimum Gasteiger partial charge on any atom is -0.456 e. The van der Waals surface area contributed by atoms with Gasteiger partial charge in [0.15, 0.2) is 0 Å². The quantitative estimate of drug-likeness (QED) is 0.184. The molecule has 0 saturated carbocycles. The number of para-hydroxylation sites is 1. The Morgan fingerprint density at radius 3 is 1.52 bits per heavy atom. The summed E-state index contributed by atoms with van der Waals surface area (Å²) >= 11 is 0. The fourth-order valence-electron chi connectivity index (χ4n) is 6.19. The van der Waals surface area contributed by atoms with Gasteiger partial charge in [-0.15, -0.1) is 0 Å². The van der Waals surface area contributed by atoms with Crippen LogP contribution in [0.2, 0.25) is 0 Å². The highest BCUT2D eigenvalue weighted by Crippen LogP contribution is 2.40. The highest BCUT2D eigenvalue weighted by molar-refractivity contribution is 5.89. The van der Waals surface area contributed by atoms with Gasteiger partial charge in [-0.3, -0.25) is 0 Å². The van der Waals surface area contributed by atoms with E-state index in [4.69, 9.17) is 4.42 Å². The van der Waals surface area contributed by atoms with Crippen molar-refractivity contribution >= 4 is 28.0 Å². The van der Waals surface area contributed by atoms with Crippen LogP contribution in [0.15, 0.2) is 192 Å². The second-order valence-electron chi connectivity index (χ2n) is 11.4. The van der Waals surface area contributed by atoms with Crippen molar-refractivity contribution in [3.63, 3.8) is 0 Å². The monoisotopic (exact) mass is 589 g/mol. The van der Waals surface area contributed by atoms with Crippen molar-refractivity contribution in [1.82, 2.24) is 0 Å². The first-order valence-corrected chi connectivity index (χ1v) is 15.6. The van der Waals surface area contributed by atoms with Gasteiger partial charge in [-0.05, 0) is 81.9 Å². The average molecular weight is 590 g/mol. The third-order valence-corrected chi connectivity index (χ3v) is 8.50. The maximum Gasteiger partial charge on any atom is 0.136 e. The molecular weight excluding hydrogens is 558 g/mol. The third kappa shape index (κ3) is 5.38. The van der Waals surface area contributed by atoms with Crippen molar-refractivity contribution < 1.29 is 4.42 Å². The van der Waals surface area contributed by atoms with E-state index in [1.54, 1.807) is 0 Å². The molecule has 0 amide bonds. The summed E-state index contributed by atoms with van der Waals surface area (Å²) in [6.07, 6.45) is 0. The minimum atomic E-state index is 0.874. The van der Waals surface area contributed by atoms with Crippen LogP contribution in [0.1, 0.15) is 0 Å². The maximum atomic E-state index is 6.27. The Labute approximate surface area is 269 Å². The molecule has 2 nitrogen and oxygen atoms in total. The molecule has 0 aliphatic rings. The van der Waals surface area contributed by atoms with Gasteiger partial charge in [0.05, 0.1) is 0 Å². The molecule has 0 saturated heterocycles. The number of benzene rings is 7. The van der Waals surface area contributed by atoms with E-state index in [-0.39, 0.29) is 0 Å². The molecule has 2 heteroatoms. The molecule has 46 heavy (non-hydrogen) atoms. The predicted octanol–water partition coefficient (Wildman–Crippen LogP) is 12.6. The van der Waals surface area contributed by atoms with Crippen molar-refractivity contribution in [2.75, 3.05) is 4.90 Å². The van der Waals surface area contributed by atoms with Crippen molar-refractivity contribution in [3.8, 4) is 44.7 Å². The molecule has 0 atom stereocenters. The third-order valence-electron chi connectivity index (χ3n) is 8.50. The number of anilines is 3. The van der Waals surface area contributed by atoms with Gasteiger partial charge in [0.1, 0.15) is 11.3 Å². The van der Waals surface area contributed by atoms with Crippen LogP contribution >= 0.6 is 0 Å². The van der Waals surface area contributed by atoms with Crippen LogP contribution < -0.4 is 4.90 Å². The van der Waals surface area contributed by atoms with E-state index < -0.39 is 0 Å². The van der Waals surface area contributed by atoms with Gasteiger partial charge in [0.25, 0.3) is 0 Å². The van der Waals surface area contributed by atoms with Crippen LogP contribution in [0.5, 0.6) is 0 Å². The Hall–Kier alpha value is -6.12. The zero-order valence-electron chi connectivity index (χ0n) is 25.3. The molecule has 1 aromatic heterocycles. The average Bonchev–Trinajstić information content (AvgIpc) is 3.58. The summed E-state index contributed by atoms with van der Waals surface area (Å²) in [6.45, 7) is 0. The normalized spacial score (nSPS) is 11.0. The van der Waals surface area contributed by atoms with Gasteiger partial charge < -0.3 is 9.32 Å². The molecule has 0 spiro atoms. The first-order chi connectivity index (χ1) is 22.8. The first-order valence-electron chi connectivity index (χ1n) is 15.6. The molecule has 0 aliphatic carbocycles. The van der Waals surface area contributed by atoms with E-state index >= 15 is 0 Å². The number of hydrogen-bond acceptors (Lipinski definition) is 2. The highest BCUT2D eigenvalue weighted by atomic mass is 16.3. The predicted molar refractivity (Wildman–Crippen MR) is 193 cm³/mol. The Morgan fingerprint density at radius 1 is 0.326 bits per heavy atom.